The Bertz CT molecular complexity index is 771. The van der Waals surface area contributed by atoms with Crippen LogP contribution in [0.3, 0.4) is 0 Å². The largest absolute Gasteiger partial charge is 0.495 e. The first-order valence-corrected chi connectivity index (χ1v) is 9.81. The van der Waals surface area contributed by atoms with E-state index in [1.165, 1.54) is 35.3 Å². The van der Waals surface area contributed by atoms with Crippen LogP contribution >= 0.6 is 11.3 Å². The van der Waals surface area contributed by atoms with Crippen molar-refractivity contribution in [1.29, 1.82) is 0 Å². The van der Waals surface area contributed by atoms with E-state index in [0.29, 0.717) is 0 Å². The number of carbonyl (C=O) groups is 1. The highest BCUT2D eigenvalue weighted by atomic mass is 32.1. The first kappa shape index (κ1) is 18.0. The molecule has 0 unspecified atom stereocenters. The number of aryl methyl sites for hydroxylation is 2. The average Bonchev–Trinajstić information content (AvgIpc) is 2.96. The second-order valence-corrected chi connectivity index (χ2v) is 8.83. The molecular weight excluding hydrogens is 330 g/mol. The molecule has 25 heavy (non-hydrogen) atoms. The molecule has 0 saturated carbocycles. The Labute approximate surface area is 154 Å². The lowest BCUT2D eigenvalue weighted by Gasteiger charge is -2.16. The number of benzene rings is 1. The molecule has 3 nitrogen and oxygen atoms in total. The maximum atomic E-state index is 12.7. The Morgan fingerprint density at radius 3 is 2.36 bits per heavy atom. The van der Waals surface area contributed by atoms with Crippen molar-refractivity contribution in [2.45, 2.75) is 58.3 Å². The predicted octanol–water partition coefficient (Wildman–Crippen LogP) is 5.58. The minimum atomic E-state index is -0.0626. The molecule has 134 valence electrons. The molecular formula is C21H27NO2S. The van der Waals surface area contributed by atoms with Gasteiger partial charge in [0.15, 0.2) is 0 Å². The SMILES string of the molecule is COc1cc2c(cc1NC(=O)c1ccc(C(C)(C)C)s1)CCCCC2. The number of rotatable bonds is 3. The maximum Gasteiger partial charge on any atom is 0.265 e. The van der Waals surface area contributed by atoms with Crippen molar-refractivity contribution in [2.75, 3.05) is 12.4 Å². The molecule has 1 aromatic heterocycles. The third kappa shape index (κ3) is 4.06. The number of carbonyl (C=O) groups excluding carboxylic acids is 1. The second kappa shape index (κ2) is 7.20. The van der Waals surface area contributed by atoms with Crippen molar-refractivity contribution in [3.8, 4) is 5.75 Å². The maximum absolute atomic E-state index is 12.7. The van der Waals surface area contributed by atoms with Crippen LogP contribution in [0.5, 0.6) is 5.75 Å². The van der Waals surface area contributed by atoms with E-state index in [1.54, 1.807) is 18.4 Å². The van der Waals surface area contributed by atoms with Crippen LogP contribution in [-0.4, -0.2) is 13.0 Å². The van der Waals surface area contributed by atoms with E-state index in [4.69, 9.17) is 4.74 Å². The Morgan fingerprint density at radius 2 is 1.76 bits per heavy atom. The zero-order chi connectivity index (χ0) is 18.0. The molecule has 0 atom stereocenters. The van der Waals surface area contributed by atoms with Crippen LogP contribution in [0.1, 0.15) is 65.7 Å². The molecule has 1 aliphatic rings. The van der Waals surface area contributed by atoms with Gasteiger partial charge in [0.25, 0.3) is 5.91 Å². The number of ether oxygens (including phenoxy) is 1. The van der Waals surface area contributed by atoms with Crippen LogP contribution in [0.25, 0.3) is 0 Å². The lowest BCUT2D eigenvalue weighted by atomic mass is 9.95. The smallest absolute Gasteiger partial charge is 0.265 e. The molecule has 0 fully saturated rings. The zero-order valence-electron chi connectivity index (χ0n) is 15.6. The zero-order valence-corrected chi connectivity index (χ0v) is 16.4. The quantitative estimate of drug-likeness (QED) is 0.729. The van der Waals surface area contributed by atoms with Crippen LogP contribution in [0, 0.1) is 0 Å². The van der Waals surface area contributed by atoms with E-state index in [1.807, 2.05) is 12.1 Å². The lowest BCUT2D eigenvalue weighted by Crippen LogP contribution is -2.12. The highest BCUT2D eigenvalue weighted by Crippen LogP contribution is 2.34. The topological polar surface area (TPSA) is 38.3 Å². The fourth-order valence-electron chi connectivity index (χ4n) is 3.25. The molecule has 1 heterocycles. The molecule has 1 amide bonds. The summed E-state index contributed by atoms with van der Waals surface area (Å²) in [4.78, 5) is 14.7. The normalized spacial score (nSPS) is 14.6. The monoisotopic (exact) mass is 357 g/mol. The number of nitrogens with one attached hydrogen (secondary N) is 1. The second-order valence-electron chi connectivity index (χ2n) is 7.75. The summed E-state index contributed by atoms with van der Waals surface area (Å²) in [7, 11) is 1.66. The van der Waals surface area contributed by atoms with Crippen LogP contribution in [0.15, 0.2) is 24.3 Å². The van der Waals surface area contributed by atoms with E-state index in [0.717, 1.165) is 29.2 Å². The Balaban J connectivity index is 1.85. The first-order valence-electron chi connectivity index (χ1n) is 9.00. The third-order valence-corrected chi connectivity index (χ3v) is 6.24. The fourth-order valence-corrected chi connectivity index (χ4v) is 4.21. The standard InChI is InChI=1S/C21H27NO2S/c1-21(2,3)19-11-10-18(25-19)20(23)22-16-12-14-8-6-5-7-9-15(14)13-17(16)24-4/h10-13H,5-9H2,1-4H3,(H,22,23). The average molecular weight is 358 g/mol. The first-order chi connectivity index (χ1) is 11.9. The van der Waals surface area contributed by atoms with Crippen molar-refractivity contribution in [1.82, 2.24) is 0 Å². The summed E-state index contributed by atoms with van der Waals surface area (Å²) in [6.07, 6.45) is 5.89. The summed E-state index contributed by atoms with van der Waals surface area (Å²) in [5, 5.41) is 3.06. The van der Waals surface area contributed by atoms with Gasteiger partial charge in [0.1, 0.15) is 5.75 Å². The summed E-state index contributed by atoms with van der Waals surface area (Å²) < 4.78 is 5.54. The highest BCUT2D eigenvalue weighted by molar-refractivity contribution is 7.14. The van der Waals surface area contributed by atoms with Crippen LogP contribution in [-0.2, 0) is 18.3 Å². The predicted molar refractivity (Wildman–Crippen MR) is 105 cm³/mol. The number of thiophene rings is 1. The van der Waals surface area contributed by atoms with Crippen molar-refractivity contribution in [3.63, 3.8) is 0 Å². The van der Waals surface area contributed by atoms with E-state index < -0.39 is 0 Å². The number of amides is 1. The minimum absolute atomic E-state index is 0.0605. The molecule has 4 heteroatoms. The fraction of sp³-hybridized carbons (Fsp3) is 0.476. The summed E-state index contributed by atoms with van der Waals surface area (Å²) in [5.41, 5.74) is 3.54. The molecule has 1 N–H and O–H groups in total. The van der Waals surface area contributed by atoms with Crippen molar-refractivity contribution in [3.05, 3.63) is 45.1 Å². The van der Waals surface area contributed by atoms with Gasteiger partial charge in [0.2, 0.25) is 0 Å². The number of anilines is 1. The number of methoxy groups -OCH3 is 1. The number of hydrogen-bond donors (Lipinski definition) is 1. The molecule has 0 saturated heterocycles. The summed E-state index contributed by atoms with van der Waals surface area (Å²) in [6, 6.07) is 8.17. The van der Waals surface area contributed by atoms with Gasteiger partial charge in [-0.1, -0.05) is 27.2 Å². The van der Waals surface area contributed by atoms with Gasteiger partial charge in [-0.25, -0.2) is 0 Å². The van der Waals surface area contributed by atoms with Crippen molar-refractivity contribution < 1.29 is 9.53 Å². The van der Waals surface area contributed by atoms with Gasteiger partial charge >= 0.3 is 0 Å². The van der Waals surface area contributed by atoms with Crippen LogP contribution < -0.4 is 10.1 Å². The number of fused-ring (bicyclic) bond motifs is 1. The van der Waals surface area contributed by atoms with Gasteiger partial charge < -0.3 is 10.1 Å². The van der Waals surface area contributed by atoms with Gasteiger partial charge in [-0.05, 0) is 66.5 Å². The van der Waals surface area contributed by atoms with E-state index in [-0.39, 0.29) is 11.3 Å². The summed E-state index contributed by atoms with van der Waals surface area (Å²) >= 11 is 1.56. The molecule has 3 rings (SSSR count). The molecule has 0 spiro atoms. The number of hydrogen-bond acceptors (Lipinski definition) is 3. The molecule has 0 bridgehead atoms. The Hall–Kier alpha value is -1.81. The van der Waals surface area contributed by atoms with E-state index in [2.05, 4.69) is 38.2 Å². The van der Waals surface area contributed by atoms with E-state index >= 15 is 0 Å². The third-order valence-electron chi connectivity index (χ3n) is 4.73. The minimum Gasteiger partial charge on any atom is -0.495 e. The van der Waals surface area contributed by atoms with Crippen LogP contribution in [0.2, 0.25) is 0 Å². The lowest BCUT2D eigenvalue weighted by molar-refractivity contribution is 0.103. The Morgan fingerprint density at radius 1 is 1.08 bits per heavy atom. The summed E-state index contributed by atoms with van der Waals surface area (Å²) in [5.74, 6) is 0.689. The summed E-state index contributed by atoms with van der Waals surface area (Å²) in [6.45, 7) is 6.49. The van der Waals surface area contributed by atoms with Gasteiger partial charge in [-0.2, -0.15) is 0 Å². The van der Waals surface area contributed by atoms with Gasteiger partial charge in [-0.15, -0.1) is 11.3 Å². The van der Waals surface area contributed by atoms with E-state index in [9.17, 15) is 4.79 Å². The van der Waals surface area contributed by atoms with Crippen molar-refractivity contribution >= 4 is 22.9 Å². The van der Waals surface area contributed by atoms with Gasteiger partial charge in [-0.3, -0.25) is 4.79 Å². The Kier molecular flexibility index (Phi) is 5.19. The molecule has 1 aromatic carbocycles. The van der Waals surface area contributed by atoms with Gasteiger partial charge in [0.05, 0.1) is 17.7 Å². The van der Waals surface area contributed by atoms with Crippen molar-refractivity contribution in [2.24, 2.45) is 0 Å². The highest BCUT2D eigenvalue weighted by Gasteiger charge is 2.20. The van der Waals surface area contributed by atoms with Gasteiger partial charge in [0, 0.05) is 4.88 Å². The van der Waals surface area contributed by atoms with Crippen LogP contribution in [0.4, 0.5) is 5.69 Å². The molecule has 0 radical (unpaired) electrons. The molecule has 0 aliphatic heterocycles. The molecule has 1 aliphatic carbocycles. The molecule has 2 aromatic rings.